The Hall–Kier alpha value is -1.96. The highest BCUT2D eigenvalue weighted by molar-refractivity contribution is 7.92. The van der Waals surface area contributed by atoms with Crippen molar-refractivity contribution in [3.8, 4) is 5.75 Å². The Bertz CT molecular complexity index is 917. The van der Waals surface area contributed by atoms with Crippen molar-refractivity contribution >= 4 is 44.8 Å². The van der Waals surface area contributed by atoms with Gasteiger partial charge in [0.25, 0.3) is 5.91 Å². The normalized spacial score (nSPS) is 11.1. The van der Waals surface area contributed by atoms with E-state index in [2.05, 4.69) is 0 Å². The Morgan fingerprint density at radius 1 is 1.04 bits per heavy atom. The van der Waals surface area contributed by atoms with Crippen molar-refractivity contribution in [3.63, 3.8) is 0 Å². The Kier molecular flexibility index (Phi) is 6.97. The highest BCUT2D eigenvalue weighted by atomic mass is 35.5. The van der Waals surface area contributed by atoms with Crippen LogP contribution in [0, 0.1) is 0 Å². The summed E-state index contributed by atoms with van der Waals surface area (Å²) in [5.41, 5.74) is 1.36. The molecule has 0 atom stereocenters. The van der Waals surface area contributed by atoms with E-state index in [4.69, 9.17) is 27.9 Å². The fourth-order valence-electron chi connectivity index (χ4n) is 2.20. The molecule has 0 aromatic heterocycles. The molecule has 9 heteroatoms. The first-order valence-corrected chi connectivity index (χ1v) is 10.5. The maximum Gasteiger partial charge on any atom is 0.260 e. The fraction of sp³-hybridized carbons (Fsp3) is 0.278. The standard InChI is InChI=1S/C18H20Cl2N2O4S/c1-21(11-13-4-9-16(19)17(20)10-13)18(23)12-26-15-7-5-14(6-8-15)22(2)27(3,24)25/h4-10H,11-12H2,1-3H3. The molecule has 0 saturated carbocycles. The van der Waals surface area contributed by atoms with E-state index in [0.29, 0.717) is 28.0 Å². The highest BCUT2D eigenvalue weighted by Gasteiger charge is 2.13. The van der Waals surface area contributed by atoms with Gasteiger partial charge < -0.3 is 9.64 Å². The zero-order chi connectivity index (χ0) is 20.2. The van der Waals surface area contributed by atoms with Gasteiger partial charge in [-0.05, 0) is 42.0 Å². The lowest BCUT2D eigenvalue weighted by molar-refractivity contribution is -0.132. The average Bonchev–Trinajstić information content (AvgIpc) is 2.61. The minimum Gasteiger partial charge on any atom is -0.484 e. The van der Waals surface area contributed by atoms with Crippen LogP contribution in [-0.2, 0) is 21.4 Å². The SMILES string of the molecule is CN(Cc1ccc(Cl)c(Cl)c1)C(=O)COc1ccc(N(C)S(C)(=O)=O)cc1. The maximum absolute atomic E-state index is 12.2. The van der Waals surface area contributed by atoms with Gasteiger partial charge in [-0.15, -0.1) is 0 Å². The third-order valence-corrected chi connectivity index (χ3v) is 5.83. The van der Waals surface area contributed by atoms with Crippen LogP contribution in [0.15, 0.2) is 42.5 Å². The molecule has 2 rings (SSSR count). The number of carbonyl (C=O) groups excluding carboxylic acids is 1. The van der Waals surface area contributed by atoms with Gasteiger partial charge in [-0.2, -0.15) is 0 Å². The minimum absolute atomic E-state index is 0.140. The number of nitrogens with zero attached hydrogens (tertiary/aromatic N) is 2. The van der Waals surface area contributed by atoms with Crippen molar-refractivity contribution < 1.29 is 17.9 Å². The second-order valence-corrected chi connectivity index (χ2v) is 8.84. The largest absolute Gasteiger partial charge is 0.484 e. The second kappa shape index (κ2) is 8.82. The molecule has 0 saturated heterocycles. The minimum atomic E-state index is -3.33. The molecule has 2 aromatic rings. The first kappa shape index (κ1) is 21.3. The highest BCUT2D eigenvalue weighted by Crippen LogP contribution is 2.23. The molecule has 0 aliphatic heterocycles. The molecular formula is C18H20Cl2N2O4S. The smallest absolute Gasteiger partial charge is 0.260 e. The predicted octanol–water partition coefficient (Wildman–Crippen LogP) is 3.43. The molecular weight excluding hydrogens is 411 g/mol. The zero-order valence-electron chi connectivity index (χ0n) is 15.1. The molecule has 0 unspecified atom stereocenters. The van der Waals surface area contributed by atoms with E-state index >= 15 is 0 Å². The number of amides is 1. The summed E-state index contributed by atoms with van der Waals surface area (Å²) in [7, 11) is -0.197. The number of ether oxygens (including phenoxy) is 1. The summed E-state index contributed by atoms with van der Waals surface area (Å²) in [5, 5.41) is 0.896. The predicted molar refractivity (Wildman–Crippen MR) is 108 cm³/mol. The Balaban J connectivity index is 1.91. The number of benzene rings is 2. The van der Waals surface area contributed by atoms with E-state index in [1.807, 2.05) is 0 Å². The number of rotatable bonds is 7. The van der Waals surface area contributed by atoms with Gasteiger partial charge in [0.05, 0.1) is 22.0 Å². The monoisotopic (exact) mass is 430 g/mol. The quantitative estimate of drug-likeness (QED) is 0.674. The van der Waals surface area contributed by atoms with Crippen LogP contribution >= 0.6 is 23.2 Å². The third-order valence-electron chi connectivity index (χ3n) is 3.89. The molecule has 0 bridgehead atoms. The number of likely N-dealkylation sites (N-methyl/N-ethyl adjacent to an activating group) is 1. The van der Waals surface area contributed by atoms with Gasteiger partial charge in [0.15, 0.2) is 6.61 Å². The molecule has 0 radical (unpaired) electrons. The van der Waals surface area contributed by atoms with Gasteiger partial charge in [-0.3, -0.25) is 9.10 Å². The first-order chi connectivity index (χ1) is 12.6. The van der Waals surface area contributed by atoms with Gasteiger partial charge in [0.2, 0.25) is 10.0 Å². The summed E-state index contributed by atoms with van der Waals surface area (Å²) in [6.07, 6.45) is 1.12. The number of anilines is 1. The number of hydrogen-bond donors (Lipinski definition) is 0. The summed E-state index contributed by atoms with van der Waals surface area (Å²) in [4.78, 5) is 13.8. The van der Waals surface area contributed by atoms with Gasteiger partial charge in [-0.25, -0.2) is 8.42 Å². The summed E-state index contributed by atoms with van der Waals surface area (Å²) in [6.45, 7) is 0.232. The number of hydrogen-bond acceptors (Lipinski definition) is 4. The molecule has 6 nitrogen and oxygen atoms in total. The lowest BCUT2D eigenvalue weighted by atomic mass is 10.2. The number of halogens is 2. The van der Waals surface area contributed by atoms with Crippen molar-refractivity contribution in [1.29, 1.82) is 0 Å². The summed E-state index contributed by atoms with van der Waals surface area (Å²) in [5.74, 6) is 0.260. The van der Waals surface area contributed by atoms with E-state index in [0.717, 1.165) is 16.1 Å². The van der Waals surface area contributed by atoms with Crippen molar-refractivity contribution in [2.45, 2.75) is 6.54 Å². The molecule has 1 amide bonds. The van der Waals surface area contributed by atoms with Crippen LogP contribution in [0.4, 0.5) is 5.69 Å². The van der Waals surface area contributed by atoms with Crippen LogP contribution < -0.4 is 9.04 Å². The van der Waals surface area contributed by atoms with E-state index in [1.165, 1.54) is 11.9 Å². The zero-order valence-corrected chi connectivity index (χ0v) is 17.5. The second-order valence-electron chi connectivity index (χ2n) is 6.01. The average molecular weight is 431 g/mol. The van der Waals surface area contributed by atoms with Crippen LogP contribution in [0.25, 0.3) is 0 Å². The van der Waals surface area contributed by atoms with Gasteiger partial charge in [0.1, 0.15) is 5.75 Å². The number of carbonyl (C=O) groups is 1. The lowest BCUT2D eigenvalue weighted by Crippen LogP contribution is -2.31. The lowest BCUT2D eigenvalue weighted by Gasteiger charge is -2.19. The maximum atomic E-state index is 12.2. The van der Waals surface area contributed by atoms with Crippen LogP contribution in [-0.4, -0.2) is 46.2 Å². The molecule has 0 aliphatic rings. The van der Waals surface area contributed by atoms with Crippen LogP contribution in [0.5, 0.6) is 5.75 Å². The van der Waals surface area contributed by atoms with Crippen molar-refractivity contribution in [3.05, 3.63) is 58.1 Å². The Labute approximate surface area is 169 Å². The Morgan fingerprint density at radius 2 is 1.67 bits per heavy atom. The van der Waals surface area contributed by atoms with Gasteiger partial charge in [-0.1, -0.05) is 29.3 Å². The topological polar surface area (TPSA) is 66.9 Å². The third kappa shape index (κ3) is 6.02. The summed E-state index contributed by atoms with van der Waals surface area (Å²) in [6, 6.07) is 11.7. The van der Waals surface area contributed by atoms with Crippen molar-refractivity contribution in [2.24, 2.45) is 0 Å². The molecule has 0 aliphatic carbocycles. The summed E-state index contributed by atoms with van der Waals surface area (Å²) < 4.78 is 29.7. The molecule has 0 spiro atoms. The van der Waals surface area contributed by atoms with E-state index in [1.54, 1.807) is 49.5 Å². The van der Waals surface area contributed by atoms with Gasteiger partial charge in [0, 0.05) is 20.6 Å². The number of sulfonamides is 1. The van der Waals surface area contributed by atoms with Crippen LogP contribution in [0.3, 0.4) is 0 Å². The molecule has 146 valence electrons. The fourth-order valence-corrected chi connectivity index (χ4v) is 3.02. The van der Waals surface area contributed by atoms with Crippen LogP contribution in [0.1, 0.15) is 5.56 Å². The van der Waals surface area contributed by atoms with Gasteiger partial charge >= 0.3 is 0 Å². The van der Waals surface area contributed by atoms with E-state index in [-0.39, 0.29) is 12.5 Å². The Morgan fingerprint density at radius 3 is 2.22 bits per heavy atom. The van der Waals surface area contributed by atoms with Crippen LogP contribution in [0.2, 0.25) is 10.0 Å². The molecule has 0 fully saturated rings. The first-order valence-electron chi connectivity index (χ1n) is 7.92. The van der Waals surface area contributed by atoms with Crippen molar-refractivity contribution in [2.75, 3.05) is 31.3 Å². The van der Waals surface area contributed by atoms with E-state index in [9.17, 15) is 13.2 Å². The summed E-state index contributed by atoms with van der Waals surface area (Å²) >= 11 is 11.9. The van der Waals surface area contributed by atoms with E-state index < -0.39 is 10.0 Å². The molecule has 0 heterocycles. The molecule has 0 N–H and O–H groups in total. The van der Waals surface area contributed by atoms with Crippen molar-refractivity contribution in [1.82, 2.24) is 4.90 Å². The molecule has 2 aromatic carbocycles. The molecule has 27 heavy (non-hydrogen) atoms.